The van der Waals surface area contributed by atoms with Gasteiger partial charge in [-0.15, -0.1) is 0 Å². The Kier molecular flexibility index (Phi) is 5.71. The first-order chi connectivity index (χ1) is 11.7. The van der Waals surface area contributed by atoms with Gasteiger partial charge in [0.25, 0.3) is 5.91 Å². The fourth-order valence-corrected chi connectivity index (χ4v) is 3.47. The Labute approximate surface area is 143 Å². The summed E-state index contributed by atoms with van der Waals surface area (Å²) in [5, 5.41) is 0. The van der Waals surface area contributed by atoms with Gasteiger partial charge in [0.05, 0.1) is 13.2 Å². The third kappa shape index (κ3) is 3.88. The molecule has 0 radical (unpaired) electrons. The number of hydrogen-bond donors (Lipinski definition) is 1. The van der Waals surface area contributed by atoms with Gasteiger partial charge in [-0.05, 0) is 18.9 Å². The molecule has 2 aliphatic heterocycles. The lowest BCUT2D eigenvalue weighted by Crippen LogP contribution is -2.51. The predicted octanol–water partition coefficient (Wildman–Crippen LogP) is 0.846. The highest BCUT2D eigenvalue weighted by Crippen LogP contribution is 2.23. The second kappa shape index (κ2) is 7.96. The monoisotopic (exact) mass is 333 g/mol. The van der Waals surface area contributed by atoms with Crippen molar-refractivity contribution in [2.45, 2.75) is 31.6 Å². The molecule has 24 heavy (non-hydrogen) atoms. The maximum atomic E-state index is 12.5. The summed E-state index contributed by atoms with van der Waals surface area (Å²) in [7, 11) is 1.70. The first-order valence-corrected chi connectivity index (χ1v) is 8.70. The third-order valence-electron chi connectivity index (χ3n) is 4.92. The van der Waals surface area contributed by atoms with Gasteiger partial charge >= 0.3 is 0 Å². The van der Waals surface area contributed by atoms with E-state index in [0.29, 0.717) is 6.54 Å². The summed E-state index contributed by atoms with van der Waals surface area (Å²) >= 11 is 0. The van der Waals surface area contributed by atoms with Gasteiger partial charge in [-0.2, -0.15) is 0 Å². The van der Waals surface area contributed by atoms with Gasteiger partial charge in [0.15, 0.2) is 0 Å². The number of nitrogens with two attached hydrogens (primary N) is 1. The molecule has 0 unspecified atom stereocenters. The van der Waals surface area contributed by atoms with Crippen LogP contribution in [0.15, 0.2) is 24.3 Å². The van der Waals surface area contributed by atoms with E-state index in [1.54, 1.807) is 7.11 Å². The molecule has 6 heteroatoms. The molecule has 0 bridgehead atoms. The number of ether oxygens (including phenoxy) is 2. The summed E-state index contributed by atoms with van der Waals surface area (Å²) in [6.45, 7) is 4.59. The van der Waals surface area contributed by atoms with Crippen molar-refractivity contribution in [2.75, 3.05) is 39.8 Å². The molecule has 2 saturated heterocycles. The molecule has 2 fully saturated rings. The van der Waals surface area contributed by atoms with E-state index in [2.05, 4.69) is 11.0 Å². The number of carbonyl (C=O) groups is 1. The molecule has 1 aromatic rings. The van der Waals surface area contributed by atoms with E-state index in [1.807, 2.05) is 23.1 Å². The molecule has 2 aliphatic rings. The van der Waals surface area contributed by atoms with E-state index in [4.69, 9.17) is 15.2 Å². The number of carbonyl (C=O) groups excluding carboxylic acids is 1. The summed E-state index contributed by atoms with van der Waals surface area (Å²) in [5.41, 5.74) is 6.81. The summed E-state index contributed by atoms with van der Waals surface area (Å²) in [4.78, 5) is 16.8. The summed E-state index contributed by atoms with van der Waals surface area (Å²) in [5.74, 6) is 1.05. The summed E-state index contributed by atoms with van der Waals surface area (Å²) < 4.78 is 11.1. The minimum absolute atomic E-state index is 0.0470. The van der Waals surface area contributed by atoms with E-state index >= 15 is 0 Å². The normalized spacial score (nSPS) is 25.0. The Morgan fingerprint density at radius 2 is 2.00 bits per heavy atom. The van der Waals surface area contributed by atoms with E-state index in [-0.39, 0.29) is 18.1 Å². The first kappa shape index (κ1) is 17.2. The minimum Gasteiger partial charge on any atom is -0.496 e. The number of benzene rings is 1. The smallest absolute Gasteiger partial charge is 0.251 e. The van der Waals surface area contributed by atoms with Gasteiger partial charge in [0, 0.05) is 44.8 Å². The summed E-state index contributed by atoms with van der Waals surface area (Å²) in [6, 6.07) is 8.09. The third-order valence-corrected chi connectivity index (χ3v) is 4.92. The van der Waals surface area contributed by atoms with Crippen LogP contribution in [0.25, 0.3) is 0 Å². The van der Waals surface area contributed by atoms with Gasteiger partial charge in [-0.3, -0.25) is 9.69 Å². The maximum Gasteiger partial charge on any atom is 0.251 e. The Balaban J connectivity index is 1.50. The van der Waals surface area contributed by atoms with Crippen molar-refractivity contribution in [3.63, 3.8) is 0 Å². The second-order valence-electron chi connectivity index (χ2n) is 6.47. The van der Waals surface area contributed by atoms with E-state index in [1.165, 1.54) is 5.56 Å². The first-order valence-electron chi connectivity index (χ1n) is 8.70. The topological polar surface area (TPSA) is 68.0 Å². The quantitative estimate of drug-likeness (QED) is 0.865. The van der Waals surface area contributed by atoms with Gasteiger partial charge in [0.1, 0.15) is 11.9 Å². The highest BCUT2D eigenvalue weighted by Gasteiger charge is 2.34. The fourth-order valence-electron chi connectivity index (χ4n) is 3.47. The Morgan fingerprint density at radius 3 is 2.67 bits per heavy atom. The lowest BCUT2D eigenvalue weighted by atomic mass is 10.1. The van der Waals surface area contributed by atoms with Crippen LogP contribution in [-0.4, -0.2) is 67.7 Å². The van der Waals surface area contributed by atoms with Gasteiger partial charge < -0.3 is 20.1 Å². The lowest BCUT2D eigenvalue weighted by Gasteiger charge is -2.36. The number of amides is 1. The van der Waals surface area contributed by atoms with Crippen molar-refractivity contribution in [1.82, 2.24) is 9.80 Å². The number of piperazine rings is 1. The van der Waals surface area contributed by atoms with Crippen LogP contribution >= 0.6 is 0 Å². The van der Waals surface area contributed by atoms with Gasteiger partial charge in [-0.1, -0.05) is 18.2 Å². The van der Waals surface area contributed by atoms with Crippen molar-refractivity contribution in [3.8, 4) is 5.75 Å². The van der Waals surface area contributed by atoms with Crippen LogP contribution in [0.3, 0.4) is 0 Å². The number of methoxy groups -OCH3 is 1. The van der Waals surface area contributed by atoms with Crippen LogP contribution in [-0.2, 0) is 16.1 Å². The zero-order chi connectivity index (χ0) is 16.9. The molecule has 0 aromatic heterocycles. The zero-order valence-electron chi connectivity index (χ0n) is 14.3. The Hall–Kier alpha value is -1.63. The summed E-state index contributed by atoms with van der Waals surface area (Å²) in [6.07, 6.45) is 1.44. The molecule has 0 spiro atoms. The van der Waals surface area contributed by atoms with Crippen molar-refractivity contribution < 1.29 is 14.3 Å². The average Bonchev–Trinajstić information content (AvgIpc) is 3.11. The maximum absolute atomic E-state index is 12.5. The van der Waals surface area contributed by atoms with Crippen molar-refractivity contribution in [3.05, 3.63) is 29.8 Å². The molecular formula is C18H27N3O3. The predicted molar refractivity (Wildman–Crippen MR) is 91.8 cm³/mol. The van der Waals surface area contributed by atoms with Crippen LogP contribution in [0.1, 0.15) is 18.4 Å². The van der Waals surface area contributed by atoms with Gasteiger partial charge in [-0.25, -0.2) is 0 Å². The van der Waals surface area contributed by atoms with Crippen molar-refractivity contribution in [2.24, 2.45) is 5.73 Å². The number of para-hydroxylation sites is 1. The molecule has 2 N–H and O–H groups in total. The van der Waals surface area contributed by atoms with Crippen molar-refractivity contribution in [1.29, 1.82) is 0 Å². The molecule has 2 heterocycles. The molecule has 1 amide bonds. The molecule has 0 saturated carbocycles. The highest BCUT2D eigenvalue weighted by molar-refractivity contribution is 5.81. The van der Waals surface area contributed by atoms with Crippen LogP contribution in [0, 0.1) is 0 Å². The Bertz CT molecular complexity index is 558. The minimum atomic E-state index is -0.292. The molecular weight excluding hydrogens is 306 g/mol. The average molecular weight is 333 g/mol. The van der Waals surface area contributed by atoms with Crippen LogP contribution < -0.4 is 10.5 Å². The van der Waals surface area contributed by atoms with Gasteiger partial charge in [0.2, 0.25) is 0 Å². The van der Waals surface area contributed by atoms with E-state index in [0.717, 1.165) is 51.3 Å². The second-order valence-corrected chi connectivity index (χ2v) is 6.47. The van der Waals surface area contributed by atoms with E-state index in [9.17, 15) is 4.79 Å². The highest BCUT2D eigenvalue weighted by atomic mass is 16.5. The SMILES string of the molecule is COc1ccccc1CN1CCN(C(=O)[C@@H]2CC[C@H](CN)O2)CC1. The van der Waals surface area contributed by atoms with Crippen LogP contribution in [0.4, 0.5) is 0 Å². The number of hydrogen-bond acceptors (Lipinski definition) is 5. The standard InChI is InChI=1S/C18H27N3O3/c1-23-16-5-3-2-4-14(16)13-20-8-10-21(11-9-20)18(22)17-7-6-15(12-19)24-17/h2-5,15,17H,6-13,19H2,1H3/t15-,17+/m1/s1. The van der Waals surface area contributed by atoms with Crippen molar-refractivity contribution >= 4 is 5.91 Å². The number of rotatable bonds is 5. The van der Waals surface area contributed by atoms with E-state index < -0.39 is 0 Å². The van der Waals surface area contributed by atoms with Crippen LogP contribution in [0.2, 0.25) is 0 Å². The molecule has 2 atom stereocenters. The molecule has 3 rings (SSSR count). The molecule has 1 aromatic carbocycles. The number of nitrogens with zero attached hydrogens (tertiary/aromatic N) is 2. The van der Waals surface area contributed by atoms with Crippen LogP contribution in [0.5, 0.6) is 5.75 Å². The fraction of sp³-hybridized carbons (Fsp3) is 0.611. The molecule has 132 valence electrons. The molecule has 6 nitrogen and oxygen atoms in total. The largest absolute Gasteiger partial charge is 0.496 e. The Morgan fingerprint density at radius 1 is 1.25 bits per heavy atom. The molecule has 0 aliphatic carbocycles. The lowest BCUT2D eigenvalue weighted by molar-refractivity contribution is -0.144. The zero-order valence-corrected chi connectivity index (χ0v) is 14.3.